The fraction of sp³-hybridized carbons (Fsp3) is 0.529. The van der Waals surface area contributed by atoms with Crippen molar-refractivity contribution in [3.05, 3.63) is 39.9 Å². The highest BCUT2D eigenvalue weighted by Gasteiger charge is 2.44. The average molecular weight is 353 g/mol. The summed E-state index contributed by atoms with van der Waals surface area (Å²) in [7, 11) is -1.13. The van der Waals surface area contributed by atoms with Crippen LogP contribution in [0.4, 0.5) is 0 Å². The Labute approximate surface area is 133 Å². The topological polar surface area (TPSA) is 9.23 Å². The molecule has 1 aromatic carbocycles. The third-order valence-electron chi connectivity index (χ3n) is 4.34. The molecule has 0 saturated carbocycles. The first-order valence-electron chi connectivity index (χ1n) is 7.33. The van der Waals surface area contributed by atoms with Gasteiger partial charge in [-0.15, -0.1) is 0 Å². The molecule has 0 amide bonds. The van der Waals surface area contributed by atoms with Crippen molar-refractivity contribution in [3.8, 4) is 0 Å². The lowest BCUT2D eigenvalue weighted by Gasteiger charge is -2.45. The maximum absolute atomic E-state index is 6.54. The average Bonchev–Trinajstić information content (AvgIpc) is 2.72. The molecule has 0 N–H and O–H groups in total. The van der Waals surface area contributed by atoms with E-state index in [1.807, 2.05) is 0 Å². The van der Waals surface area contributed by atoms with Gasteiger partial charge in [-0.1, -0.05) is 54.9 Å². The highest BCUT2D eigenvalue weighted by atomic mass is 79.9. The molecule has 0 saturated heterocycles. The Balaban J connectivity index is 2.52. The zero-order valence-electron chi connectivity index (χ0n) is 13.4. The highest BCUT2D eigenvalue weighted by molar-refractivity contribution is 9.10. The van der Waals surface area contributed by atoms with Crippen LogP contribution in [0.3, 0.4) is 0 Å². The van der Waals surface area contributed by atoms with E-state index in [1.165, 1.54) is 21.2 Å². The number of halogens is 1. The van der Waals surface area contributed by atoms with Gasteiger partial charge in [0.25, 0.3) is 0 Å². The Morgan fingerprint density at radius 2 is 1.80 bits per heavy atom. The van der Waals surface area contributed by atoms with Crippen molar-refractivity contribution in [3.63, 3.8) is 0 Å². The fourth-order valence-corrected chi connectivity index (χ4v) is 4.85. The summed E-state index contributed by atoms with van der Waals surface area (Å²) in [6.07, 6.45) is 3.36. The molecule has 20 heavy (non-hydrogen) atoms. The van der Waals surface area contributed by atoms with E-state index < -0.39 is 9.04 Å². The van der Waals surface area contributed by atoms with E-state index in [-0.39, 0.29) is 11.0 Å². The molecule has 1 nitrogen and oxygen atoms in total. The number of rotatable bonds is 3. The minimum absolute atomic E-state index is 0.0695. The Hall–Kier alpha value is -0.383. The van der Waals surface area contributed by atoms with Crippen LogP contribution in [-0.2, 0) is 10.8 Å². The van der Waals surface area contributed by atoms with Gasteiger partial charge in [-0.2, -0.15) is 0 Å². The molecule has 1 unspecified atom stereocenters. The van der Waals surface area contributed by atoms with Crippen molar-refractivity contribution >= 4 is 30.5 Å². The Bertz CT molecular complexity index is 542. The smallest absolute Gasteiger partial charge is 0.172 e. The van der Waals surface area contributed by atoms with Gasteiger partial charge in [-0.25, -0.2) is 0 Å². The molecule has 0 aromatic heterocycles. The second kappa shape index (κ2) is 5.43. The van der Waals surface area contributed by atoms with Crippen molar-refractivity contribution in [1.82, 2.24) is 0 Å². The number of benzene rings is 1. The molecular formula is C17H25BrOSi. The first-order chi connectivity index (χ1) is 9.17. The first kappa shape index (κ1) is 16.0. The van der Waals surface area contributed by atoms with E-state index in [2.05, 4.69) is 81.0 Å². The molecule has 1 aromatic rings. The van der Waals surface area contributed by atoms with Crippen LogP contribution in [0.25, 0.3) is 5.57 Å². The van der Waals surface area contributed by atoms with Crippen molar-refractivity contribution in [2.75, 3.05) is 0 Å². The van der Waals surface area contributed by atoms with Gasteiger partial charge in [-0.3, -0.25) is 0 Å². The summed E-state index contributed by atoms with van der Waals surface area (Å²) in [5.41, 5.74) is 3.96. The third-order valence-corrected chi connectivity index (χ3v) is 6.02. The molecule has 0 heterocycles. The summed E-state index contributed by atoms with van der Waals surface area (Å²) >= 11 is 3.68. The van der Waals surface area contributed by atoms with E-state index >= 15 is 0 Å². The number of allylic oxidation sites excluding steroid dienone is 1. The van der Waals surface area contributed by atoms with Crippen LogP contribution in [-0.4, -0.2) is 14.6 Å². The number of fused-ring (bicyclic) bond motifs is 1. The van der Waals surface area contributed by atoms with Gasteiger partial charge < -0.3 is 4.43 Å². The summed E-state index contributed by atoms with van der Waals surface area (Å²) in [5.74, 6) is 0. The summed E-state index contributed by atoms with van der Waals surface area (Å²) in [4.78, 5) is 0. The van der Waals surface area contributed by atoms with Gasteiger partial charge >= 0.3 is 0 Å². The molecule has 3 heteroatoms. The zero-order valence-corrected chi connectivity index (χ0v) is 16.1. The molecule has 0 spiro atoms. The van der Waals surface area contributed by atoms with Crippen LogP contribution >= 0.6 is 15.9 Å². The Morgan fingerprint density at radius 1 is 1.15 bits per heavy atom. The summed E-state index contributed by atoms with van der Waals surface area (Å²) in [5, 5.41) is 0. The number of hydrogen-bond donors (Lipinski definition) is 0. The summed E-state index contributed by atoms with van der Waals surface area (Å²) in [6.45, 7) is 13.6. The van der Waals surface area contributed by atoms with E-state index in [9.17, 15) is 0 Å². The molecule has 1 aliphatic carbocycles. The lowest BCUT2D eigenvalue weighted by Crippen LogP contribution is -2.46. The second-order valence-corrected chi connectivity index (χ2v) is 10.2. The van der Waals surface area contributed by atoms with E-state index in [1.54, 1.807) is 0 Å². The minimum Gasteiger partial charge on any atom is -0.411 e. The van der Waals surface area contributed by atoms with Crippen LogP contribution < -0.4 is 0 Å². The molecule has 1 aliphatic rings. The molecule has 1 atom stereocenters. The first-order valence-corrected chi connectivity index (χ1v) is 10.9. The van der Waals surface area contributed by atoms with Crippen LogP contribution in [0.5, 0.6) is 0 Å². The van der Waals surface area contributed by atoms with Crippen molar-refractivity contribution in [2.45, 2.75) is 52.8 Å². The maximum Gasteiger partial charge on any atom is 0.172 e. The SMILES string of the molecule is C[SiH](C)OC(C)(C1=CCc2c(Br)cccc21)C(C)(C)C. The Kier molecular flexibility index (Phi) is 4.34. The van der Waals surface area contributed by atoms with E-state index in [4.69, 9.17) is 4.43 Å². The zero-order chi connectivity index (χ0) is 15.1. The van der Waals surface area contributed by atoms with Crippen molar-refractivity contribution in [1.29, 1.82) is 0 Å². The van der Waals surface area contributed by atoms with Gasteiger partial charge in [-0.05, 0) is 54.6 Å². The van der Waals surface area contributed by atoms with Gasteiger partial charge in [0.1, 0.15) is 0 Å². The predicted octanol–water partition coefficient (Wildman–Crippen LogP) is 5.19. The standard InChI is InChI=1S/C17H25BrOSi/c1-16(2,3)17(4,19-20(5)6)14-11-10-13-12(14)8-7-9-15(13)18/h7-9,11,20H,10H2,1-6H3. The monoisotopic (exact) mass is 352 g/mol. The normalized spacial score (nSPS) is 17.9. The number of hydrogen-bond acceptors (Lipinski definition) is 1. The quantitative estimate of drug-likeness (QED) is 0.679. The van der Waals surface area contributed by atoms with Crippen LogP contribution in [0, 0.1) is 5.41 Å². The maximum atomic E-state index is 6.54. The predicted molar refractivity (Wildman–Crippen MR) is 93.6 cm³/mol. The van der Waals surface area contributed by atoms with Crippen LogP contribution in [0.2, 0.25) is 13.1 Å². The molecule has 0 bridgehead atoms. The van der Waals surface area contributed by atoms with Crippen LogP contribution in [0.15, 0.2) is 28.7 Å². The molecule has 2 rings (SSSR count). The van der Waals surface area contributed by atoms with Gasteiger partial charge in [0.15, 0.2) is 9.04 Å². The minimum atomic E-state index is -1.13. The highest BCUT2D eigenvalue weighted by Crippen LogP contribution is 2.48. The van der Waals surface area contributed by atoms with Gasteiger partial charge in [0.05, 0.1) is 5.60 Å². The summed E-state index contributed by atoms with van der Waals surface area (Å²) < 4.78 is 7.75. The van der Waals surface area contributed by atoms with Crippen molar-refractivity contribution < 1.29 is 4.43 Å². The lowest BCUT2D eigenvalue weighted by atomic mass is 9.72. The van der Waals surface area contributed by atoms with Gasteiger partial charge in [0.2, 0.25) is 0 Å². The largest absolute Gasteiger partial charge is 0.411 e. The molecule has 0 radical (unpaired) electrons. The van der Waals surface area contributed by atoms with Crippen molar-refractivity contribution in [2.24, 2.45) is 5.41 Å². The fourth-order valence-electron chi connectivity index (χ4n) is 2.90. The van der Waals surface area contributed by atoms with Crippen LogP contribution in [0.1, 0.15) is 38.8 Å². The molecular weight excluding hydrogens is 328 g/mol. The molecule has 110 valence electrons. The lowest BCUT2D eigenvalue weighted by molar-refractivity contribution is 0.0369. The molecule has 0 fully saturated rings. The van der Waals surface area contributed by atoms with Gasteiger partial charge in [0, 0.05) is 4.47 Å². The summed E-state index contributed by atoms with van der Waals surface area (Å²) in [6, 6.07) is 6.48. The second-order valence-electron chi connectivity index (χ2n) is 7.04. The molecule has 0 aliphatic heterocycles. The van der Waals surface area contributed by atoms with E-state index in [0.29, 0.717) is 0 Å². The van der Waals surface area contributed by atoms with E-state index in [0.717, 1.165) is 6.42 Å². The Morgan fingerprint density at radius 3 is 2.35 bits per heavy atom. The third kappa shape index (κ3) is 2.68.